The zero-order chi connectivity index (χ0) is 16.5. The summed E-state index contributed by atoms with van der Waals surface area (Å²) in [7, 11) is 0. The van der Waals surface area contributed by atoms with Crippen LogP contribution in [0.25, 0.3) is 11.1 Å². The minimum absolute atomic E-state index is 0.511. The van der Waals surface area contributed by atoms with Crippen LogP contribution in [0.1, 0.15) is 38.2 Å². The predicted octanol–water partition coefficient (Wildman–Crippen LogP) is 5.76. The fourth-order valence-electron chi connectivity index (χ4n) is 3.66. The van der Waals surface area contributed by atoms with Crippen molar-refractivity contribution < 1.29 is 4.74 Å². The quantitative estimate of drug-likeness (QED) is 0.691. The minimum Gasteiger partial charge on any atom is -0.443 e. The second kappa shape index (κ2) is 6.64. The highest BCUT2D eigenvalue weighted by molar-refractivity contribution is 7.80. The van der Waals surface area contributed by atoms with Crippen LogP contribution in [-0.2, 0) is 6.54 Å². The molecule has 2 aromatic rings. The Morgan fingerprint density at radius 3 is 2.42 bits per heavy atom. The van der Waals surface area contributed by atoms with E-state index >= 15 is 0 Å². The molecule has 0 N–H and O–H groups in total. The Morgan fingerprint density at radius 2 is 1.67 bits per heavy atom. The van der Waals surface area contributed by atoms with E-state index in [-0.39, 0.29) is 0 Å². The van der Waals surface area contributed by atoms with Gasteiger partial charge in [0.2, 0.25) is 0 Å². The number of benzene rings is 2. The summed E-state index contributed by atoms with van der Waals surface area (Å²) in [6.45, 7) is 3.08. The van der Waals surface area contributed by atoms with Crippen LogP contribution in [0.4, 0.5) is 0 Å². The lowest BCUT2D eigenvalue weighted by Crippen LogP contribution is -2.27. The Balaban J connectivity index is 1.53. The van der Waals surface area contributed by atoms with E-state index in [1.807, 2.05) is 12.1 Å². The summed E-state index contributed by atoms with van der Waals surface area (Å²) in [5.74, 6) is 3.30. The normalized spacial score (nSPS) is 23.2. The molecular formula is C21H23NOS. The number of nitrogens with zero attached hydrogens (tertiary/aromatic N) is 1. The van der Waals surface area contributed by atoms with Crippen molar-refractivity contribution in [2.24, 2.45) is 16.8 Å². The maximum Gasteiger partial charge on any atom is 0.193 e. The van der Waals surface area contributed by atoms with Gasteiger partial charge in [-0.2, -0.15) is 0 Å². The summed E-state index contributed by atoms with van der Waals surface area (Å²) in [6.07, 6.45) is 5.01. The van der Waals surface area contributed by atoms with Gasteiger partial charge in [0.15, 0.2) is 5.90 Å². The Kier molecular flexibility index (Phi) is 4.36. The second-order valence-electron chi connectivity index (χ2n) is 7.08. The van der Waals surface area contributed by atoms with E-state index < -0.39 is 0 Å². The van der Waals surface area contributed by atoms with Gasteiger partial charge >= 0.3 is 0 Å². The van der Waals surface area contributed by atoms with Crippen molar-refractivity contribution >= 4 is 18.5 Å². The van der Waals surface area contributed by atoms with Crippen LogP contribution in [-0.4, -0.2) is 5.90 Å². The number of aliphatic imine (C=N–C) groups is 1. The Labute approximate surface area is 149 Å². The third-order valence-corrected chi connectivity index (χ3v) is 5.54. The zero-order valence-electron chi connectivity index (χ0n) is 14.0. The molecule has 24 heavy (non-hydrogen) atoms. The molecule has 2 nitrogen and oxygen atoms in total. The molecule has 0 aromatic heterocycles. The first-order valence-electron chi connectivity index (χ1n) is 8.83. The molecule has 0 amide bonds. The molecule has 1 heterocycles. The smallest absolute Gasteiger partial charge is 0.193 e. The van der Waals surface area contributed by atoms with Gasteiger partial charge in [0.1, 0.15) is 5.75 Å². The summed E-state index contributed by atoms with van der Waals surface area (Å²) < 4.78 is 6.15. The van der Waals surface area contributed by atoms with Crippen LogP contribution in [0.5, 0.6) is 5.75 Å². The van der Waals surface area contributed by atoms with Crippen molar-refractivity contribution in [1.29, 1.82) is 0 Å². The van der Waals surface area contributed by atoms with Crippen molar-refractivity contribution in [2.45, 2.75) is 44.0 Å². The van der Waals surface area contributed by atoms with Gasteiger partial charge in [-0.1, -0.05) is 25.1 Å². The lowest BCUT2D eigenvalue weighted by molar-refractivity contribution is 0.316. The van der Waals surface area contributed by atoms with Crippen LogP contribution < -0.4 is 4.74 Å². The van der Waals surface area contributed by atoms with Crippen LogP contribution in [0, 0.1) is 11.8 Å². The molecule has 1 fully saturated rings. The number of hydrogen-bond acceptors (Lipinski definition) is 3. The molecule has 0 radical (unpaired) electrons. The fraction of sp³-hybridized carbons (Fsp3) is 0.381. The number of fused-ring (bicyclic) bond motifs is 1. The Bertz CT molecular complexity index is 758. The van der Waals surface area contributed by atoms with Crippen molar-refractivity contribution in [2.75, 3.05) is 0 Å². The summed E-state index contributed by atoms with van der Waals surface area (Å²) in [4.78, 5) is 5.73. The highest BCUT2D eigenvalue weighted by Crippen LogP contribution is 2.34. The Morgan fingerprint density at radius 1 is 0.958 bits per heavy atom. The van der Waals surface area contributed by atoms with Gasteiger partial charge in [-0.05, 0) is 67.0 Å². The summed E-state index contributed by atoms with van der Waals surface area (Å²) in [5, 5.41) is 0. The summed E-state index contributed by atoms with van der Waals surface area (Å²) in [5.41, 5.74) is 3.58. The van der Waals surface area contributed by atoms with E-state index in [0.717, 1.165) is 29.0 Å². The molecule has 0 saturated heterocycles. The average Bonchev–Trinajstić information content (AvgIpc) is 2.62. The SMILES string of the molecule is CC1CCC(C2=NCc3cc(-c4ccc(S)cc4)ccc3O2)CC1. The number of ether oxygens (including phenoxy) is 1. The molecule has 0 spiro atoms. The monoisotopic (exact) mass is 337 g/mol. The number of thiol groups is 1. The van der Waals surface area contributed by atoms with Crippen molar-refractivity contribution in [3.05, 3.63) is 48.0 Å². The molecule has 2 aromatic carbocycles. The molecule has 0 unspecified atom stereocenters. The van der Waals surface area contributed by atoms with Crippen LogP contribution in [0.15, 0.2) is 52.4 Å². The molecule has 1 aliphatic heterocycles. The third-order valence-electron chi connectivity index (χ3n) is 5.25. The van der Waals surface area contributed by atoms with Gasteiger partial charge in [-0.15, -0.1) is 12.6 Å². The molecule has 1 saturated carbocycles. The highest BCUT2D eigenvalue weighted by atomic mass is 32.1. The highest BCUT2D eigenvalue weighted by Gasteiger charge is 2.26. The van der Waals surface area contributed by atoms with Crippen molar-refractivity contribution in [1.82, 2.24) is 0 Å². The first-order chi connectivity index (χ1) is 11.7. The van der Waals surface area contributed by atoms with Crippen LogP contribution in [0.3, 0.4) is 0 Å². The van der Waals surface area contributed by atoms with Crippen molar-refractivity contribution in [3.63, 3.8) is 0 Å². The number of hydrogen-bond donors (Lipinski definition) is 1. The standard InChI is InChI=1S/C21H23NOS/c1-14-2-4-16(5-3-14)21-22-13-18-12-17(8-11-20(18)23-21)15-6-9-19(24)10-7-15/h6-12,14,16,24H,2-5,13H2,1H3. The van der Waals surface area contributed by atoms with Crippen molar-refractivity contribution in [3.8, 4) is 16.9 Å². The molecule has 0 atom stereocenters. The van der Waals surface area contributed by atoms with Gasteiger partial charge in [-0.3, -0.25) is 4.99 Å². The lowest BCUT2D eigenvalue weighted by atomic mass is 9.83. The van der Waals surface area contributed by atoms with E-state index in [1.54, 1.807) is 0 Å². The lowest BCUT2D eigenvalue weighted by Gasteiger charge is -2.29. The van der Waals surface area contributed by atoms with E-state index in [9.17, 15) is 0 Å². The fourth-order valence-corrected chi connectivity index (χ4v) is 3.81. The van der Waals surface area contributed by atoms with Crippen LogP contribution >= 0.6 is 12.6 Å². The number of rotatable bonds is 2. The minimum atomic E-state index is 0.511. The van der Waals surface area contributed by atoms with Gasteiger partial charge in [0.25, 0.3) is 0 Å². The molecule has 3 heteroatoms. The molecule has 2 aliphatic rings. The maximum absolute atomic E-state index is 6.15. The van der Waals surface area contributed by atoms with Gasteiger partial charge in [0, 0.05) is 16.4 Å². The molecule has 0 bridgehead atoms. The largest absolute Gasteiger partial charge is 0.443 e. The molecular weight excluding hydrogens is 314 g/mol. The first-order valence-corrected chi connectivity index (χ1v) is 9.28. The third kappa shape index (κ3) is 3.23. The van der Waals surface area contributed by atoms with E-state index in [1.165, 1.54) is 42.4 Å². The second-order valence-corrected chi connectivity index (χ2v) is 7.60. The average molecular weight is 337 g/mol. The van der Waals surface area contributed by atoms with Crippen LogP contribution in [0.2, 0.25) is 0 Å². The molecule has 124 valence electrons. The summed E-state index contributed by atoms with van der Waals surface area (Å²) >= 11 is 4.35. The first kappa shape index (κ1) is 15.8. The topological polar surface area (TPSA) is 21.6 Å². The van der Waals surface area contributed by atoms with Gasteiger partial charge < -0.3 is 4.74 Å². The Hall–Kier alpha value is -1.74. The van der Waals surface area contributed by atoms with E-state index in [4.69, 9.17) is 9.73 Å². The molecule has 4 rings (SSSR count). The summed E-state index contributed by atoms with van der Waals surface area (Å²) in [6, 6.07) is 14.7. The predicted molar refractivity (Wildman–Crippen MR) is 102 cm³/mol. The van der Waals surface area contributed by atoms with E-state index in [2.05, 4.69) is 49.9 Å². The van der Waals surface area contributed by atoms with Gasteiger partial charge in [-0.25, -0.2) is 0 Å². The van der Waals surface area contributed by atoms with Gasteiger partial charge in [0.05, 0.1) is 6.54 Å². The molecule has 1 aliphatic carbocycles. The zero-order valence-corrected chi connectivity index (χ0v) is 14.9. The maximum atomic E-state index is 6.15. The van der Waals surface area contributed by atoms with E-state index in [0.29, 0.717) is 5.92 Å².